The molecule has 0 saturated carbocycles. The number of amides is 1. The van der Waals surface area contributed by atoms with Crippen molar-refractivity contribution in [1.29, 1.82) is 0 Å². The van der Waals surface area contributed by atoms with Crippen molar-refractivity contribution in [1.82, 2.24) is 4.72 Å². The van der Waals surface area contributed by atoms with Gasteiger partial charge in [-0.1, -0.05) is 35.3 Å². The number of halogens is 2. The van der Waals surface area contributed by atoms with Gasteiger partial charge in [0.1, 0.15) is 10.6 Å². The Labute approximate surface area is 168 Å². The molecule has 0 fully saturated rings. The Kier molecular flexibility index (Phi) is 7.11. The van der Waals surface area contributed by atoms with Crippen LogP contribution in [0.5, 0.6) is 5.75 Å². The van der Waals surface area contributed by atoms with Crippen molar-refractivity contribution in [3.05, 3.63) is 52.0 Å². The lowest BCUT2D eigenvalue weighted by atomic mass is 10.2. The van der Waals surface area contributed by atoms with Gasteiger partial charge in [0.25, 0.3) is 5.91 Å². The fourth-order valence-electron chi connectivity index (χ4n) is 2.32. The number of carbonyl (C=O) groups excluding carboxylic acids is 1. The summed E-state index contributed by atoms with van der Waals surface area (Å²) in [6, 6.07) is 8.96. The fraction of sp³-hybridized carbons (Fsp3) is 0.278. The van der Waals surface area contributed by atoms with Crippen molar-refractivity contribution < 1.29 is 17.9 Å². The summed E-state index contributed by atoms with van der Waals surface area (Å²) in [5.41, 5.74) is 0.427. The van der Waals surface area contributed by atoms with Gasteiger partial charge in [0.15, 0.2) is 0 Å². The molecule has 0 atom stereocenters. The van der Waals surface area contributed by atoms with Crippen LogP contribution in [0.2, 0.25) is 10.0 Å². The number of carbonyl (C=O) groups is 1. The largest absolute Gasteiger partial charge is 0.492 e. The predicted octanol–water partition coefficient (Wildman–Crippen LogP) is 4.33. The van der Waals surface area contributed by atoms with Crippen LogP contribution in [0, 0.1) is 0 Å². The molecule has 0 bridgehead atoms. The summed E-state index contributed by atoms with van der Waals surface area (Å²) < 4.78 is 32.8. The Balaban J connectivity index is 2.41. The zero-order chi connectivity index (χ0) is 20.2. The molecule has 0 aliphatic carbocycles. The lowest BCUT2D eigenvalue weighted by Crippen LogP contribution is -2.30. The van der Waals surface area contributed by atoms with Gasteiger partial charge in [0.2, 0.25) is 10.0 Å². The summed E-state index contributed by atoms with van der Waals surface area (Å²) >= 11 is 12.2. The molecule has 0 aliphatic rings. The molecule has 0 spiro atoms. The zero-order valence-electron chi connectivity index (χ0n) is 15.0. The summed E-state index contributed by atoms with van der Waals surface area (Å²) in [5.74, 6) is -0.0856. The Hall–Kier alpha value is -1.80. The smallest absolute Gasteiger partial charge is 0.257 e. The molecular formula is C18H20Cl2N2O4S. The normalized spacial score (nSPS) is 11.5. The van der Waals surface area contributed by atoms with Gasteiger partial charge in [0, 0.05) is 6.04 Å². The number of benzene rings is 2. The van der Waals surface area contributed by atoms with Crippen molar-refractivity contribution in [3.63, 3.8) is 0 Å². The number of para-hydroxylation sites is 2. The van der Waals surface area contributed by atoms with Crippen LogP contribution in [0.15, 0.2) is 41.3 Å². The molecule has 0 aliphatic heterocycles. The van der Waals surface area contributed by atoms with Crippen molar-refractivity contribution in [2.75, 3.05) is 11.9 Å². The van der Waals surface area contributed by atoms with E-state index in [2.05, 4.69) is 10.0 Å². The van der Waals surface area contributed by atoms with Crippen LogP contribution in [0.4, 0.5) is 5.69 Å². The van der Waals surface area contributed by atoms with Crippen molar-refractivity contribution in [3.8, 4) is 5.75 Å². The third kappa shape index (κ3) is 5.35. The summed E-state index contributed by atoms with van der Waals surface area (Å²) in [4.78, 5) is 12.5. The first-order valence-corrected chi connectivity index (χ1v) is 10.4. The van der Waals surface area contributed by atoms with Crippen LogP contribution in [0.1, 0.15) is 31.1 Å². The van der Waals surface area contributed by atoms with Crippen molar-refractivity contribution >= 4 is 44.8 Å². The predicted molar refractivity (Wildman–Crippen MR) is 107 cm³/mol. The Morgan fingerprint density at radius 1 is 1.15 bits per heavy atom. The maximum atomic E-state index is 12.7. The first kappa shape index (κ1) is 21.5. The maximum Gasteiger partial charge on any atom is 0.257 e. The summed E-state index contributed by atoms with van der Waals surface area (Å²) in [6.45, 7) is 5.62. The molecule has 6 nitrogen and oxygen atoms in total. The lowest BCUT2D eigenvalue weighted by Gasteiger charge is -2.14. The molecule has 1 amide bonds. The minimum atomic E-state index is -3.90. The van der Waals surface area contributed by atoms with E-state index in [4.69, 9.17) is 27.9 Å². The number of hydrogen-bond donors (Lipinski definition) is 2. The third-order valence-corrected chi connectivity index (χ3v) is 5.82. The molecule has 9 heteroatoms. The molecule has 0 heterocycles. The second-order valence-electron chi connectivity index (χ2n) is 5.92. The summed E-state index contributed by atoms with van der Waals surface area (Å²) in [7, 11) is -3.90. The van der Waals surface area contributed by atoms with Gasteiger partial charge in [-0.3, -0.25) is 4.79 Å². The lowest BCUT2D eigenvalue weighted by molar-refractivity contribution is 0.102. The average molecular weight is 431 g/mol. The molecule has 2 rings (SSSR count). The molecule has 2 N–H and O–H groups in total. The van der Waals surface area contributed by atoms with Crippen LogP contribution in [-0.2, 0) is 10.0 Å². The first-order valence-electron chi connectivity index (χ1n) is 8.20. The van der Waals surface area contributed by atoms with Gasteiger partial charge >= 0.3 is 0 Å². The molecule has 27 heavy (non-hydrogen) atoms. The highest BCUT2D eigenvalue weighted by molar-refractivity contribution is 7.89. The minimum Gasteiger partial charge on any atom is -0.492 e. The first-order chi connectivity index (χ1) is 12.7. The molecule has 2 aromatic carbocycles. The van der Waals surface area contributed by atoms with Crippen LogP contribution in [0.3, 0.4) is 0 Å². The van der Waals surface area contributed by atoms with Gasteiger partial charge in [0.05, 0.1) is 27.9 Å². The van der Waals surface area contributed by atoms with Gasteiger partial charge < -0.3 is 10.1 Å². The van der Waals surface area contributed by atoms with E-state index in [0.717, 1.165) is 6.07 Å². The van der Waals surface area contributed by atoms with Gasteiger partial charge in [-0.2, -0.15) is 0 Å². The molecule has 2 aromatic rings. The average Bonchev–Trinajstić information content (AvgIpc) is 2.55. The SMILES string of the molecule is CCOc1ccccc1NC(=O)c1cc(S(=O)(=O)NC(C)C)c(Cl)cc1Cl. The van der Waals surface area contributed by atoms with Crippen LogP contribution >= 0.6 is 23.2 Å². The molecule has 0 radical (unpaired) electrons. The Bertz CT molecular complexity index is 946. The number of anilines is 1. The standard InChI is InChI=1S/C18H20Cl2N2O4S/c1-4-26-16-8-6-5-7-15(16)21-18(23)12-9-17(14(20)10-13(12)19)27(24,25)22-11(2)3/h5-11,22H,4H2,1-3H3,(H,21,23). The van der Waals surface area contributed by atoms with Crippen LogP contribution in [-0.4, -0.2) is 27.0 Å². The molecule has 146 valence electrons. The zero-order valence-corrected chi connectivity index (χ0v) is 17.4. The van der Waals surface area contributed by atoms with E-state index in [-0.39, 0.29) is 26.5 Å². The number of nitrogens with one attached hydrogen (secondary N) is 2. The summed E-state index contributed by atoms with van der Waals surface area (Å²) in [5, 5.41) is 2.65. The highest BCUT2D eigenvalue weighted by atomic mass is 35.5. The van der Waals surface area contributed by atoms with Gasteiger partial charge in [-0.15, -0.1) is 0 Å². The van der Waals surface area contributed by atoms with Crippen LogP contribution < -0.4 is 14.8 Å². The summed E-state index contributed by atoms with van der Waals surface area (Å²) in [6.07, 6.45) is 0. The van der Waals surface area contributed by atoms with E-state index >= 15 is 0 Å². The Morgan fingerprint density at radius 3 is 2.44 bits per heavy atom. The number of ether oxygens (including phenoxy) is 1. The van der Waals surface area contributed by atoms with E-state index < -0.39 is 15.9 Å². The highest BCUT2D eigenvalue weighted by Crippen LogP contribution is 2.30. The quantitative estimate of drug-likeness (QED) is 0.684. The fourth-order valence-corrected chi connectivity index (χ4v) is 4.43. The monoisotopic (exact) mass is 430 g/mol. The highest BCUT2D eigenvalue weighted by Gasteiger charge is 2.23. The Morgan fingerprint density at radius 2 is 1.81 bits per heavy atom. The molecular weight excluding hydrogens is 411 g/mol. The second kappa shape index (κ2) is 8.93. The topological polar surface area (TPSA) is 84.5 Å². The minimum absolute atomic E-state index is 0.0171. The van der Waals surface area contributed by atoms with Crippen LogP contribution in [0.25, 0.3) is 0 Å². The number of rotatable bonds is 7. The molecule has 0 unspecified atom stereocenters. The van der Waals surface area contributed by atoms with Gasteiger partial charge in [-0.05, 0) is 45.0 Å². The number of hydrogen-bond acceptors (Lipinski definition) is 4. The van der Waals surface area contributed by atoms with E-state index in [1.165, 1.54) is 6.07 Å². The van der Waals surface area contributed by atoms with Crippen molar-refractivity contribution in [2.45, 2.75) is 31.7 Å². The molecule has 0 aromatic heterocycles. The second-order valence-corrected chi connectivity index (χ2v) is 8.42. The van der Waals surface area contributed by atoms with Crippen molar-refractivity contribution in [2.24, 2.45) is 0 Å². The van der Waals surface area contributed by atoms with E-state index in [1.807, 2.05) is 6.92 Å². The van der Waals surface area contributed by atoms with E-state index in [1.54, 1.807) is 38.1 Å². The maximum absolute atomic E-state index is 12.7. The van der Waals surface area contributed by atoms with E-state index in [9.17, 15) is 13.2 Å². The third-order valence-electron chi connectivity index (χ3n) is 3.38. The molecule has 0 saturated heterocycles. The van der Waals surface area contributed by atoms with E-state index in [0.29, 0.717) is 18.0 Å². The number of sulfonamides is 1. The van der Waals surface area contributed by atoms with Gasteiger partial charge in [-0.25, -0.2) is 13.1 Å².